The lowest BCUT2D eigenvalue weighted by atomic mass is 10.2. The highest BCUT2D eigenvalue weighted by Gasteiger charge is 2.14. The minimum Gasteiger partial charge on any atom is -0.330 e. The monoisotopic (exact) mass is 246 g/mol. The van der Waals surface area contributed by atoms with Crippen molar-refractivity contribution < 1.29 is 4.79 Å². The van der Waals surface area contributed by atoms with Crippen LogP contribution in [0.2, 0.25) is 5.02 Å². The number of nitrogens with zero attached hydrogens (tertiary/aromatic N) is 2. The number of aryl methyl sites for hydroxylation is 2. The number of carbonyl (C=O) groups is 1. The molecule has 0 aliphatic heterocycles. The van der Waals surface area contributed by atoms with Gasteiger partial charge >= 0.3 is 0 Å². The standard InChI is InChI=1S/C13H11ClN2O/c1-15-9(7-17)6-11-10-4-3-8(14)5-12(10)16(2)13(11)15/h3-7H,1-2H3. The molecule has 3 rings (SSSR count). The highest BCUT2D eigenvalue weighted by molar-refractivity contribution is 6.31. The second kappa shape index (κ2) is 3.37. The van der Waals surface area contributed by atoms with E-state index in [1.54, 1.807) is 0 Å². The summed E-state index contributed by atoms with van der Waals surface area (Å²) in [7, 11) is 3.88. The fourth-order valence-electron chi connectivity index (χ4n) is 2.45. The van der Waals surface area contributed by atoms with Crippen LogP contribution < -0.4 is 0 Å². The molecule has 4 heteroatoms. The number of hydrogen-bond donors (Lipinski definition) is 0. The molecule has 86 valence electrons. The van der Waals surface area contributed by atoms with Crippen molar-refractivity contribution in [2.75, 3.05) is 0 Å². The van der Waals surface area contributed by atoms with Gasteiger partial charge in [0.15, 0.2) is 6.29 Å². The minimum absolute atomic E-state index is 0.683. The van der Waals surface area contributed by atoms with E-state index in [1.807, 2.05) is 42.9 Å². The van der Waals surface area contributed by atoms with Crippen LogP contribution in [-0.4, -0.2) is 15.4 Å². The maximum atomic E-state index is 10.9. The predicted molar refractivity (Wildman–Crippen MR) is 69.8 cm³/mol. The van der Waals surface area contributed by atoms with Crippen molar-refractivity contribution in [2.24, 2.45) is 14.1 Å². The molecule has 0 saturated heterocycles. The van der Waals surface area contributed by atoms with Crippen molar-refractivity contribution in [3.8, 4) is 0 Å². The van der Waals surface area contributed by atoms with Crippen LogP contribution in [0.3, 0.4) is 0 Å². The van der Waals surface area contributed by atoms with Gasteiger partial charge in [-0.15, -0.1) is 0 Å². The molecule has 0 fully saturated rings. The molecule has 0 bridgehead atoms. The molecule has 2 heterocycles. The summed E-state index contributed by atoms with van der Waals surface area (Å²) in [5, 5.41) is 2.93. The molecule has 3 aromatic rings. The number of hydrogen-bond acceptors (Lipinski definition) is 1. The topological polar surface area (TPSA) is 26.9 Å². The molecule has 0 saturated carbocycles. The van der Waals surface area contributed by atoms with Gasteiger partial charge in [0.1, 0.15) is 5.65 Å². The lowest BCUT2D eigenvalue weighted by molar-refractivity contribution is 0.111. The van der Waals surface area contributed by atoms with Gasteiger partial charge in [0, 0.05) is 29.9 Å². The van der Waals surface area contributed by atoms with Gasteiger partial charge in [0.05, 0.1) is 11.2 Å². The van der Waals surface area contributed by atoms with E-state index in [-0.39, 0.29) is 0 Å². The van der Waals surface area contributed by atoms with E-state index in [9.17, 15) is 4.79 Å². The smallest absolute Gasteiger partial charge is 0.166 e. The normalized spacial score (nSPS) is 11.5. The van der Waals surface area contributed by atoms with Gasteiger partial charge in [-0.1, -0.05) is 17.7 Å². The third-order valence-electron chi connectivity index (χ3n) is 3.29. The average molecular weight is 247 g/mol. The third-order valence-corrected chi connectivity index (χ3v) is 3.52. The minimum atomic E-state index is 0.683. The summed E-state index contributed by atoms with van der Waals surface area (Å²) in [6, 6.07) is 7.72. The Bertz CT molecular complexity index is 752. The second-order valence-corrected chi connectivity index (χ2v) is 4.64. The summed E-state index contributed by atoms with van der Waals surface area (Å²) in [6.45, 7) is 0. The van der Waals surface area contributed by atoms with Crippen LogP contribution >= 0.6 is 11.6 Å². The zero-order valence-electron chi connectivity index (χ0n) is 9.57. The number of benzene rings is 1. The summed E-state index contributed by atoms with van der Waals surface area (Å²) < 4.78 is 3.96. The first-order valence-corrected chi connectivity index (χ1v) is 5.70. The molecule has 17 heavy (non-hydrogen) atoms. The molecular formula is C13H11ClN2O. The Morgan fingerprint density at radius 1 is 1.12 bits per heavy atom. The first kappa shape index (κ1) is 10.4. The lowest BCUT2D eigenvalue weighted by Gasteiger charge is -2.02. The van der Waals surface area contributed by atoms with E-state index < -0.39 is 0 Å². The van der Waals surface area contributed by atoms with Gasteiger partial charge in [-0.25, -0.2) is 0 Å². The van der Waals surface area contributed by atoms with Crippen LogP contribution in [-0.2, 0) is 14.1 Å². The van der Waals surface area contributed by atoms with Crippen LogP contribution in [0.4, 0.5) is 0 Å². The zero-order chi connectivity index (χ0) is 12.2. The van der Waals surface area contributed by atoms with Crippen molar-refractivity contribution >= 4 is 39.8 Å². The van der Waals surface area contributed by atoms with Crippen molar-refractivity contribution in [3.05, 3.63) is 35.0 Å². The van der Waals surface area contributed by atoms with Crippen LogP contribution in [0.25, 0.3) is 21.9 Å². The van der Waals surface area contributed by atoms with Gasteiger partial charge in [-0.05, 0) is 18.2 Å². The van der Waals surface area contributed by atoms with Crippen LogP contribution in [0, 0.1) is 0 Å². The second-order valence-electron chi connectivity index (χ2n) is 4.20. The van der Waals surface area contributed by atoms with Gasteiger partial charge in [-0.3, -0.25) is 4.79 Å². The zero-order valence-corrected chi connectivity index (χ0v) is 10.3. The average Bonchev–Trinajstić information content (AvgIpc) is 2.77. The Labute approximate surface area is 103 Å². The van der Waals surface area contributed by atoms with E-state index >= 15 is 0 Å². The molecule has 0 amide bonds. The molecule has 3 nitrogen and oxygen atoms in total. The molecule has 0 radical (unpaired) electrons. The maximum Gasteiger partial charge on any atom is 0.166 e. The molecule has 2 aromatic heterocycles. The highest BCUT2D eigenvalue weighted by Crippen LogP contribution is 2.31. The van der Waals surface area contributed by atoms with Gasteiger partial charge in [0.2, 0.25) is 0 Å². The van der Waals surface area contributed by atoms with E-state index in [0.29, 0.717) is 5.69 Å². The van der Waals surface area contributed by atoms with E-state index in [1.165, 1.54) is 0 Å². The summed E-state index contributed by atoms with van der Waals surface area (Å²) >= 11 is 6.01. The molecule has 0 N–H and O–H groups in total. The predicted octanol–water partition coefficient (Wildman–Crippen LogP) is 3.14. The van der Waals surface area contributed by atoms with Crippen LogP contribution in [0.1, 0.15) is 10.5 Å². The Balaban J connectivity index is 2.57. The van der Waals surface area contributed by atoms with Gasteiger partial charge in [-0.2, -0.15) is 0 Å². The quantitative estimate of drug-likeness (QED) is 0.606. The number of carbonyl (C=O) groups excluding carboxylic acids is 1. The lowest BCUT2D eigenvalue weighted by Crippen LogP contribution is -1.99. The van der Waals surface area contributed by atoms with Gasteiger partial charge < -0.3 is 9.13 Å². The summed E-state index contributed by atoms with van der Waals surface area (Å²) in [5.74, 6) is 0. The molecule has 0 unspecified atom stereocenters. The molecule has 0 spiro atoms. The summed E-state index contributed by atoms with van der Waals surface area (Å²) in [6.07, 6.45) is 0.877. The number of aromatic nitrogens is 2. The first-order valence-electron chi connectivity index (χ1n) is 5.32. The summed E-state index contributed by atoms with van der Waals surface area (Å²) in [5.41, 5.74) is 2.79. The van der Waals surface area contributed by atoms with Gasteiger partial charge in [0.25, 0.3) is 0 Å². The Morgan fingerprint density at radius 2 is 1.88 bits per heavy atom. The SMILES string of the molecule is Cn1c(C=O)cc2c3ccc(Cl)cc3n(C)c21. The fraction of sp³-hybridized carbons (Fsp3) is 0.154. The first-order chi connectivity index (χ1) is 8.13. The fourth-order valence-corrected chi connectivity index (χ4v) is 2.62. The largest absolute Gasteiger partial charge is 0.330 e. The Hall–Kier alpha value is -1.74. The molecule has 0 atom stereocenters. The Kier molecular flexibility index (Phi) is 2.07. The summed E-state index contributed by atoms with van der Waals surface area (Å²) in [4.78, 5) is 10.9. The number of halogens is 1. The number of rotatable bonds is 1. The van der Waals surface area contributed by atoms with Crippen molar-refractivity contribution in [3.63, 3.8) is 0 Å². The third kappa shape index (κ3) is 1.26. The molecule has 0 aliphatic carbocycles. The van der Waals surface area contributed by atoms with Crippen molar-refractivity contribution in [2.45, 2.75) is 0 Å². The molecule has 0 aliphatic rings. The van der Waals surface area contributed by atoms with E-state index in [2.05, 4.69) is 4.57 Å². The number of fused-ring (bicyclic) bond motifs is 3. The number of aldehydes is 1. The van der Waals surface area contributed by atoms with Crippen LogP contribution in [0.5, 0.6) is 0 Å². The van der Waals surface area contributed by atoms with Crippen molar-refractivity contribution in [1.29, 1.82) is 0 Å². The maximum absolute atomic E-state index is 10.9. The highest BCUT2D eigenvalue weighted by atomic mass is 35.5. The van der Waals surface area contributed by atoms with E-state index in [0.717, 1.165) is 33.2 Å². The molecular weight excluding hydrogens is 236 g/mol. The van der Waals surface area contributed by atoms with Crippen molar-refractivity contribution in [1.82, 2.24) is 9.13 Å². The Morgan fingerprint density at radius 3 is 2.59 bits per heavy atom. The molecule has 1 aromatic carbocycles. The van der Waals surface area contributed by atoms with E-state index in [4.69, 9.17) is 11.6 Å². The van der Waals surface area contributed by atoms with Crippen LogP contribution in [0.15, 0.2) is 24.3 Å².